The fraction of sp³-hybridized carbons (Fsp3) is 0.118. The molecule has 0 fully saturated rings. The molecule has 0 radical (unpaired) electrons. The van der Waals surface area contributed by atoms with Crippen molar-refractivity contribution in [3.05, 3.63) is 84.2 Å². The number of halogens is 1. The molecule has 0 saturated heterocycles. The van der Waals surface area contributed by atoms with E-state index in [2.05, 4.69) is 60.7 Å². The molecule has 2 rings (SSSR count). The van der Waals surface area contributed by atoms with E-state index < -0.39 is 0 Å². The second-order valence-corrected chi connectivity index (χ2v) is 4.37. The van der Waals surface area contributed by atoms with Crippen molar-refractivity contribution in [1.29, 1.82) is 0 Å². The van der Waals surface area contributed by atoms with Crippen LogP contribution in [0.15, 0.2) is 73.0 Å². The highest BCUT2D eigenvalue weighted by Gasteiger charge is 2.04. The summed E-state index contributed by atoms with van der Waals surface area (Å²) in [5.41, 5.74) is 3.54. The Bertz CT molecular complexity index is 558. The summed E-state index contributed by atoms with van der Waals surface area (Å²) in [4.78, 5) is 0. The Morgan fingerprint density at radius 1 is 1.11 bits per heavy atom. The maximum Gasteiger partial charge on any atom is 0.178 e. The molecule has 0 bridgehead atoms. The summed E-state index contributed by atoms with van der Waals surface area (Å²) >= 11 is 0. The minimum Gasteiger partial charge on any atom is -1.00 e. The molecule has 0 N–H and O–H groups in total. The molecule has 2 heteroatoms. The summed E-state index contributed by atoms with van der Waals surface area (Å²) in [6, 6.07) is 16.5. The van der Waals surface area contributed by atoms with Gasteiger partial charge in [-0.15, -0.1) is 0 Å². The third-order valence-corrected chi connectivity index (χ3v) is 2.85. The van der Waals surface area contributed by atoms with Gasteiger partial charge in [-0.1, -0.05) is 55.1 Å². The van der Waals surface area contributed by atoms with Crippen molar-refractivity contribution < 1.29 is 21.5 Å². The molecule has 0 spiro atoms. The van der Waals surface area contributed by atoms with Crippen LogP contribution in [0.3, 0.4) is 0 Å². The van der Waals surface area contributed by atoms with Crippen molar-refractivity contribution in [3.8, 4) is 0 Å². The predicted molar refractivity (Wildman–Crippen MR) is 76.0 cm³/mol. The number of rotatable bonds is 4. The third kappa shape index (κ3) is 4.84. The standard InChI is InChI=1S/C17H18N.BrH/c1-15(11-12-17-9-4-3-5-10-17)14-18-13-7-6-8-16(18)2;/h3-13H,1,14H2,2H3;1H/q+1;/p-1/b12-11+;. The molecule has 19 heavy (non-hydrogen) atoms. The van der Waals surface area contributed by atoms with Crippen LogP contribution < -0.4 is 21.5 Å². The first-order valence-electron chi connectivity index (χ1n) is 6.12. The lowest BCUT2D eigenvalue weighted by atomic mass is 10.1. The first-order chi connectivity index (χ1) is 8.75. The second-order valence-electron chi connectivity index (χ2n) is 4.37. The molecule has 0 aliphatic carbocycles. The maximum atomic E-state index is 4.10. The molecular weight excluding hydrogens is 298 g/mol. The van der Waals surface area contributed by atoms with E-state index in [4.69, 9.17) is 0 Å². The zero-order chi connectivity index (χ0) is 12.8. The number of aromatic nitrogens is 1. The van der Waals surface area contributed by atoms with E-state index in [1.807, 2.05) is 24.3 Å². The molecule has 0 aliphatic rings. The van der Waals surface area contributed by atoms with Gasteiger partial charge in [0.25, 0.3) is 0 Å². The number of aryl methyl sites for hydroxylation is 1. The Balaban J connectivity index is 0.00000180. The van der Waals surface area contributed by atoms with Crippen LogP contribution in [0, 0.1) is 6.92 Å². The van der Waals surface area contributed by atoms with E-state index in [-0.39, 0.29) is 17.0 Å². The summed E-state index contributed by atoms with van der Waals surface area (Å²) in [5.74, 6) is 0. The number of nitrogens with zero attached hydrogens (tertiary/aromatic N) is 1. The van der Waals surface area contributed by atoms with Crippen molar-refractivity contribution in [2.75, 3.05) is 0 Å². The van der Waals surface area contributed by atoms with Crippen LogP contribution in [-0.4, -0.2) is 0 Å². The Hall–Kier alpha value is -1.67. The fourth-order valence-corrected chi connectivity index (χ4v) is 1.79. The number of hydrogen-bond donors (Lipinski definition) is 0. The summed E-state index contributed by atoms with van der Waals surface area (Å²) in [5, 5.41) is 0. The molecule has 1 aromatic heterocycles. The molecule has 1 nitrogen and oxygen atoms in total. The van der Waals surface area contributed by atoms with Gasteiger partial charge >= 0.3 is 0 Å². The Morgan fingerprint density at radius 3 is 2.47 bits per heavy atom. The first kappa shape index (κ1) is 15.4. The smallest absolute Gasteiger partial charge is 0.178 e. The van der Waals surface area contributed by atoms with Crippen LogP contribution in [0.25, 0.3) is 6.08 Å². The summed E-state index contributed by atoms with van der Waals surface area (Å²) in [7, 11) is 0. The molecular formula is C17H18BrN. The van der Waals surface area contributed by atoms with E-state index in [0.29, 0.717) is 0 Å². The highest BCUT2D eigenvalue weighted by Crippen LogP contribution is 2.04. The second kappa shape index (κ2) is 7.70. The van der Waals surface area contributed by atoms with Crippen LogP contribution in [0.2, 0.25) is 0 Å². The van der Waals surface area contributed by atoms with Gasteiger partial charge in [0.1, 0.15) is 0 Å². The van der Waals surface area contributed by atoms with Crippen molar-refractivity contribution in [2.24, 2.45) is 0 Å². The first-order valence-corrected chi connectivity index (χ1v) is 6.12. The monoisotopic (exact) mass is 315 g/mol. The molecule has 0 aliphatic heterocycles. The van der Waals surface area contributed by atoms with Gasteiger partial charge in [-0.2, -0.15) is 4.57 Å². The summed E-state index contributed by atoms with van der Waals surface area (Å²) in [6.45, 7) is 7.03. The molecule has 0 amide bonds. The predicted octanol–water partition coefficient (Wildman–Crippen LogP) is 0.556. The SMILES string of the molecule is C=C(/C=C/c1ccccc1)C[n+]1ccccc1C.[Br-]. The van der Waals surface area contributed by atoms with Gasteiger partial charge in [0, 0.05) is 24.6 Å². The van der Waals surface area contributed by atoms with E-state index in [9.17, 15) is 0 Å². The minimum atomic E-state index is 0. The van der Waals surface area contributed by atoms with E-state index >= 15 is 0 Å². The molecule has 1 aromatic carbocycles. The van der Waals surface area contributed by atoms with Crippen LogP contribution in [-0.2, 0) is 6.54 Å². The summed E-state index contributed by atoms with van der Waals surface area (Å²) < 4.78 is 2.19. The van der Waals surface area contributed by atoms with Crippen molar-refractivity contribution >= 4 is 6.08 Å². The van der Waals surface area contributed by atoms with Crippen LogP contribution in [0.4, 0.5) is 0 Å². The molecule has 1 heterocycles. The van der Waals surface area contributed by atoms with E-state index in [1.54, 1.807) is 0 Å². The lowest BCUT2D eigenvalue weighted by molar-refractivity contribution is -0.694. The lowest BCUT2D eigenvalue weighted by Crippen LogP contribution is -3.00. The van der Waals surface area contributed by atoms with Crippen LogP contribution in [0.1, 0.15) is 11.3 Å². The van der Waals surface area contributed by atoms with Crippen molar-refractivity contribution in [1.82, 2.24) is 0 Å². The Labute approximate surface area is 125 Å². The normalized spacial score (nSPS) is 10.2. The third-order valence-electron chi connectivity index (χ3n) is 2.85. The minimum absolute atomic E-state index is 0. The van der Waals surface area contributed by atoms with Gasteiger partial charge in [0.15, 0.2) is 18.4 Å². The Morgan fingerprint density at radius 2 is 1.79 bits per heavy atom. The quantitative estimate of drug-likeness (QED) is 0.573. The Kier molecular flexibility index (Phi) is 6.23. The largest absolute Gasteiger partial charge is 1.00 e. The molecule has 0 atom stereocenters. The number of allylic oxidation sites excluding steroid dienone is 2. The molecule has 0 unspecified atom stereocenters. The van der Waals surface area contributed by atoms with Gasteiger partial charge in [-0.25, -0.2) is 0 Å². The fourth-order valence-electron chi connectivity index (χ4n) is 1.79. The van der Waals surface area contributed by atoms with Crippen molar-refractivity contribution in [3.63, 3.8) is 0 Å². The molecule has 98 valence electrons. The average Bonchev–Trinajstić information content (AvgIpc) is 2.40. The maximum absolute atomic E-state index is 4.10. The summed E-state index contributed by atoms with van der Waals surface area (Å²) in [6.07, 6.45) is 6.26. The van der Waals surface area contributed by atoms with Gasteiger partial charge in [0.05, 0.1) is 0 Å². The van der Waals surface area contributed by atoms with Crippen LogP contribution >= 0.6 is 0 Å². The zero-order valence-electron chi connectivity index (χ0n) is 11.1. The van der Waals surface area contributed by atoms with E-state index in [1.165, 1.54) is 11.3 Å². The van der Waals surface area contributed by atoms with Gasteiger partial charge in [0.2, 0.25) is 0 Å². The highest BCUT2D eigenvalue weighted by molar-refractivity contribution is 5.51. The highest BCUT2D eigenvalue weighted by atomic mass is 79.9. The number of pyridine rings is 1. The van der Waals surface area contributed by atoms with Gasteiger partial charge < -0.3 is 17.0 Å². The van der Waals surface area contributed by atoms with Crippen molar-refractivity contribution in [2.45, 2.75) is 13.5 Å². The number of benzene rings is 1. The van der Waals surface area contributed by atoms with E-state index in [0.717, 1.165) is 12.1 Å². The van der Waals surface area contributed by atoms with Gasteiger partial charge in [-0.05, 0) is 5.56 Å². The average molecular weight is 316 g/mol. The van der Waals surface area contributed by atoms with Crippen LogP contribution in [0.5, 0.6) is 0 Å². The molecule has 0 saturated carbocycles. The zero-order valence-corrected chi connectivity index (χ0v) is 12.7. The topological polar surface area (TPSA) is 3.88 Å². The molecule has 2 aromatic rings. The number of hydrogen-bond acceptors (Lipinski definition) is 0. The lowest BCUT2D eigenvalue weighted by Gasteiger charge is -1.99. The van der Waals surface area contributed by atoms with Gasteiger partial charge in [-0.3, -0.25) is 0 Å².